The van der Waals surface area contributed by atoms with Crippen LogP contribution in [0.25, 0.3) is 10.6 Å². The molecule has 2 aromatic carbocycles. The Morgan fingerprint density at radius 2 is 1.89 bits per heavy atom. The largest absolute Gasteiger partial charge is 0.495 e. The third-order valence-corrected chi connectivity index (χ3v) is 7.12. The maximum Gasteiger partial charge on any atom is 0.241 e. The van der Waals surface area contributed by atoms with Crippen molar-refractivity contribution >= 4 is 33.0 Å². The van der Waals surface area contributed by atoms with E-state index in [0.717, 1.165) is 21.1 Å². The number of nitrogens with one attached hydrogen (secondary N) is 1. The van der Waals surface area contributed by atoms with E-state index >= 15 is 0 Å². The first-order valence-corrected chi connectivity index (χ1v) is 10.8. The normalized spacial score (nSPS) is 11.6. The van der Waals surface area contributed by atoms with E-state index < -0.39 is 10.0 Å². The van der Waals surface area contributed by atoms with Gasteiger partial charge in [0.1, 0.15) is 10.8 Å². The van der Waals surface area contributed by atoms with Gasteiger partial charge in [0.25, 0.3) is 0 Å². The van der Waals surface area contributed by atoms with Gasteiger partial charge in [0.15, 0.2) is 0 Å². The van der Waals surface area contributed by atoms with Crippen molar-refractivity contribution in [2.45, 2.75) is 25.3 Å². The molecule has 0 spiro atoms. The molecule has 142 valence electrons. The zero-order chi connectivity index (χ0) is 19.6. The van der Waals surface area contributed by atoms with Crippen LogP contribution in [0.15, 0.2) is 47.4 Å². The smallest absolute Gasteiger partial charge is 0.241 e. The minimum absolute atomic E-state index is 0.138. The number of hydrogen-bond donors (Lipinski definition) is 1. The van der Waals surface area contributed by atoms with E-state index in [1.54, 1.807) is 13.0 Å². The number of rotatable bonds is 6. The Bertz CT molecular complexity index is 1060. The zero-order valence-electron chi connectivity index (χ0n) is 15.1. The Morgan fingerprint density at radius 1 is 1.19 bits per heavy atom. The maximum absolute atomic E-state index is 12.7. The fraction of sp³-hybridized carbons (Fsp3) is 0.211. The average molecular weight is 423 g/mol. The summed E-state index contributed by atoms with van der Waals surface area (Å²) in [6.45, 7) is 3.75. The van der Waals surface area contributed by atoms with E-state index in [9.17, 15) is 8.42 Å². The molecule has 0 unspecified atom stereocenters. The van der Waals surface area contributed by atoms with Crippen LogP contribution in [-0.4, -0.2) is 20.5 Å². The van der Waals surface area contributed by atoms with Gasteiger partial charge in [-0.2, -0.15) is 0 Å². The molecular weight excluding hydrogens is 404 g/mol. The van der Waals surface area contributed by atoms with Crippen molar-refractivity contribution in [1.29, 1.82) is 0 Å². The Hall–Kier alpha value is -1.93. The predicted molar refractivity (Wildman–Crippen MR) is 109 cm³/mol. The van der Waals surface area contributed by atoms with Crippen molar-refractivity contribution in [2.75, 3.05) is 7.11 Å². The van der Waals surface area contributed by atoms with E-state index in [0.29, 0.717) is 11.3 Å². The summed E-state index contributed by atoms with van der Waals surface area (Å²) >= 11 is 7.57. The lowest BCUT2D eigenvalue weighted by molar-refractivity contribution is 0.414. The molecule has 3 aromatic rings. The van der Waals surface area contributed by atoms with Crippen LogP contribution in [0.5, 0.6) is 5.75 Å². The topological polar surface area (TPSA) is 68.3 Å². The molecule has 0 saturated heterocycles. The van der Waals surface area contributed by atoms with E-state index in [4.69, 9.17) is 16.3 Å². The van der Waals surface area contributed by atoms with Crippen molar-refractivity contribution < 1.29 is 13.2 Å². The number of aryl methyl sites for hydroxylation is 2. The van der Waals surface area contributed by atoms with Crippen LogP contribution in [0.3, 0.4) is 0 Å². The Labute approximate surface area is 168 Å². The standard InChI is InChI=1S/C19H19ClN2O3S2/c1-12-9-16(25-3)15(20)10-18(12)27(23,24)21-11-17-13(2)22-19(26-17)14-7-5-4-6-8-14/h4-10,21H,11H2,1-3H3. The molecule has 0 atom stereocenters. The number of thiazole rings is 1. The van der Waals surface area contributed by atoms with Gasteiger partial charge in [-0.25, -0.2) is 18.1 Å². The van der Waals surface area contributed by atoms with Crippen LogP contribution in [0.1, 0.15) is 16.1 Å². The van der Waals surface area contributed by atoms with Crippen LogP contribution in [0, 0.1) is 13.8 Å². The maximum atomic E-state index is 12.7. The molecule has 3 rings (SSSR count). The van der Waals surface area contributed by atoms with Gasteiger partial charge in [-0.05, 0) is 31.5 Å². The molecule has 27 heavy (non-hydrogen) atoms. The second kappa shape index (κ2) is 7.98. The fourth-order valence-corrected chi connectivity index (χ4v) is 5.27. The second-order valence-corrected chi connectivity index (χ2v) is 9.20. The number of sulfonamides is 1. The molecule has 0 radical (unpaired) electrons. The van der Waals surface area contributed by atoms with Gasteiger partial charge < -0.3 is 4.74 Å². The number of aromatic nitrogens is 1. The van der Waals surface area contributed by atoms with Gasteiger partial charge in [-0.3, -0.25) is 0 Å². The molecule has 8 heteroatoms. The number of benzene rings is 2. The highest BCUT2D eigenvalue weighted by Crippen LogP contribution is 2.31. The lowest BCUT2D eigenvalue weighted by Crippen LogP contribution is -2.24. The molecule has 0 bridgehead atoms. The first kappa shape index (κ1) is 19.8. The molecule has 0 saturated carbocycles. The molecular formula is C19H19ClN2O3S2. The minimum Gasteiger partial charge on any atom is -0.495 e. The fourth-order valence-electron chi connectivity index (χ4n) is 2.62. The van der Waals surface area contributed by atoms with Gasteiger partial charge in [-0.15, -0.1) is 11.3 Å². The van der Waals surface area contributed by atoms with Crippen LogP contribution in [0.2, 0.25) is 5.02 Å². The number of halogens is 1. The lowest BCUT2D eigenvalue weighted by atomic mass is 10.2. The third kappa shape index (κ3) is 4.32. The number of hydrogen-bond acceptors (Lipinski definition) is 5. The summed E-state index contributed by atoms with van der Waals surface area (Å²) in [4.78, 5) is 5.56. The van der Waals surface area contributed by atoms with Gasteiger partial charge in [0, 0.05) is 17.0 Å². The molecule has 0 amide bonds. The number of methoxy groups -OCH3 is 1. The first-order valence-electron chi connectivity index (χ1n) is 8.17. The summed E-state index contributed by atoms with van der Waals surface area (Å²) in [7, 11) is -2.23. The third-order valence-electron chi connectivity index (χ3n) is 4.08. The predicted octanol–water partition coefficient (Wildman–Crippen LogP) is 4.57. The molecule has 0 fully saturated rings. The SMILES string of the molecule is COc1cc(C)c(S(=O)(=O)NCc2sc(-c3ccccc3)nc2C)cc1Cl. The molecule has 0 aliphatic heterocycles. The number of nitrogens with zero attached hydrogens (tertiary/aromatic N) is 1. The Morgan fingerprint density at radius 3 is 2.56 bits per heavy atom. The minimum atomic E-state index is -3.72. The molecule has 1 heterocycles. The van der Waals surface area contributed by atoms with Crippen LogP contribution in [-0.2, 0) is 16.6 Å². The van der Waals surface area contributed by atoms with E-state index in [-0.39, 0.29) is 16.5 Å². The molecule has 5 nitrogen and oxygen atoms in total. The first-order chi connectivity index (χ1) is 12.8. The van der Waals surface area contributed by atoms with E-state index in [2.05, 4.69) is 9.71 Å². The average Bonchev–Trinajstić information content (AvgIpc) is 3.03. The summed E-state index contributed by atoms with van der Waals surface area (Å²) in [6, 6.07) is 12.8. The summed E-state index contributed by atoms with van der Waals surface area (Å²) in [5.41, 5.74) is 2.39. The summed E-state index contributed by atoms with van der Waals surface area (Å²) in [6.07, 6.45) is 0. The van der Waals surface area contributed by atoms with Crippen molar-refractivity contribution in [3.05, 3.63) is 63.6 Å². The second-order valence-electron chi connectivity index (χ2n) is 5.97. The summed E-state index contributed by atoms with van der Waals surface area (Å²) < 4.78 is 33.3. The van der Waals surface area contributed by atoms with Crippen molar-refractivity contribution in [1.82, 2.24) is 9.71 Å². The summed E-state index contributed by atoms with van der Waals surface area (Å²) in [5, 5.41) is 1.12. The lowest BCUT2D eigenvalue weighted by Gasteiger charge is -2.11. The quantitative estimate of drug-likeness (QED) is 0.631. The Kier molecular flexibility index (Phi) is 5.86. The van der Waals surface area contributed by atoms with Crippen LogP contribution >= 0.6 is 22.9 Å². The number of ether oxygens (including phenoxy) is 1. The molecule has 0 aliphatic carbocycles. The van der Waals surface area contributed by atoms with Crippen LogP contribution in [0.4, 0.5) is 0 Å². The van der Waals surface area contributed by atoms with Gasteiger partial charge in [0.2, 0.25) is 10.0 Å². The highest BCUT2D eigenvalue weighted by Gasteiger charge is 2.20. The van der Waals surface area contributed by atoms with E-state index in [1.165, 1.54) is 24.5 Å². The van der Waals surface area contributed by atoms with Gasteiger partial charge >= 0.3 is 0 Å². The monoisotopic (exact) mass is 422 g/mol. The van der Waals surface area contributed by atoms with Crippen LogP contribution < -0.4 is 9.46 Å². The Balaban J connectivity index is 1.82. The zero-order valence-corrected chi connectivity index (χ0v) is 17.5. The van der Waals surface area contributed by atoms with E-state index in [1.807, 2.05) is 37.3 Å². The van der Waals surface area contributed by atoms with Gasteiger partial charge in [-0.1, -0.05) is 41.9 Å². The highest BCUT2D eigenvalue weighted by atomic mass is 35.5. The summed E-state index contributed by atoms with van der Waals surface area (Å²) in [5.74, 6) is 0.443. The van der Waals surface area contributed by atoms with Crippen molar-refractivity contribution in [2.24, 2.45) is 0 Å². The van der Waals surface area contributed by atoms with Crippen molar-refractivity contribution in [3.8, 4) is 16.3 Å². The molecule has 1 aromatic heterocycles. The van der Waals surface area contributed by atoms with Crippen molar-refractivity contribution in [3.63, 3.8) is 0 Å². The highest BCUT2D eigenvalue weighted by molar-refractivity contribution is 7.89. The molecule has 0 aliphatic rings. The van der Waals surface area contributed by atoms with Gasteiger partial charge in [0.05, 0.1) is 22.7 Å². The molecule has 1 N–H and O–H groups in total.